The number of para-hydroxylation sites is 1. The Balaban J connectivity index is 1.35. The summed E-state index contributed by atoms with van der Waals surface area (Å²) < 4.78 is 11.8. The zero-order valence-electron chi connectivity index (χ0n) is 16.3. The maximum Gasteiger partial charge on any atom is 0.257 e. The van der Waals surface area contributed by atoms with Crippen LogP contribution in [0.5, 0.6) is 5.75 Å². The van der Waals surface area contributed by atoms with E-state index in [0.29, 0.717) is 6.04 Å². The Morgan fingerprint density at radius 3 is 2.37 bits per heavy atom. The number of carbonyl (C=O) groups excluding carboxylic acids is 1. The second kappa shape index (κ2) is 9.07. The van der Waals surface area contributed by atoms with E-state index in [2.05, 4.69) is 4.90 Å². The van der Waals surface area contributed by atoms with Crippen LogP contribution in [0, 0.1) is 0 Å². The van der Waals surface area contributed by atoms with Gasteiger partial charge in [0.15, 0.2) is 0 Å². The zero-order chi connectivity index (χ0) is 18.5. The summed E-state index contributed by atoms with van der Waals surface area (Å²) in [6.45, 7) is 5.70. The molecule has 0 radical (unpaired) electrons. The van der Waals surface area contributed by atoms with E-state index in [1.165, 1.54) is 6.42 Å². The molecule has 3 aliphatic rings. The molecule has 0 N–H and O–H groups in total. The van der Waals surface area contributed by atoms with Crippen LogP contribution in [0.15, 0.2) is 24.3 Å². The lowest BCUT2D eigenvalue weighted by molar-refractivity contribution is 0.00995. The Morgan fingerprint density at radius 1 is 0.926 bits per heavy atom. The first-order valence-electron chi connectivity index (χ1n) is 10.7. The molecule has 3 aliphatic heterocycles. The van der Waals surface area contributed by atoms with Crippen molar-refractivity contribution in [1.82, 2.24) is 9.80 Å². The summed E-state index contributed by atoms with van der Waals surface area (Å²) in [5, 5.41) is 0. The van der Waals surface area contributed by atoms with E-state index in [0.717, 1.165) is 89.2 Å². The minimum Gasteiger partial charge on any atom is -0.489 e. The van der Waals surface area contributed by atoms with Crippen molar-refractivity contribution in [2.24, 2.45) is 0 Å². The van der Waals surface area contributed by atoms with Crippen molar-refractivity contribution < 1.29 is 14.3 Å². The summed E-state index contributed by atoms with van der Waals surface area (Å²) in [5.74, 6) is 0.891. The van der Waals surface area contributed by atoms with Crippen LogP contribution in [0.25, 0.3) is 0 Å². The molecule has 1 aromatic rings. The topological polar surface area (TPSA) is 42.0 Å². The lowest BCUT2D eigenvalue weighted by Crippen LogP contribution is -2.46. The van der Waals surface area contributed by atoms with Gasteiger partial charge < -0.3 is 14.4 Å². The maximum absolute atomic E-state index is 12.9. The summed E-state index contributed by atoms with van der Waals surface area (Å²) in [6.07, 6.45) is 8.02. The van der Waals surface area contributed by atoms with Gasteiger partial charge in [0.2, 0.25) is 0 Å². The second-order valence-electron chi connectivity index (χ2n) is 8.05. The molecule has 5 heteroatoms. The minimum atomic E-state index is 0.130. The SMILES string of the molecule is O=C(c1ccccc1OC1CCN(C2CCOCC2)CC1)N1CCCCC1. The van der Waals surface area contributed by atoms with E-state index in [4.69, 9.17) is 9.47 Å². The molecule has 3 saturated heterocycles. The third-order valence-electron chi connectivity index (χ3n) is 6.24. The lowest BCUT2D eigenvalue weighted by atomic mass is 10.0. The fourth-order valence-corrected chi connectivity index (χ4v) is 4.60. The van der Waals surface area contributed by atoms with Gasteiger partial charge in [0.25, 0.3) is 5.91 Å². The highest BCUT2D eigenvalue weighted by Crippen LogP contribution is 2.27. The summed E-state index contributed by atoms with van der Waals surface area (Å²) >= 11 is 0. The molecule has 3 fully saturated rings. The molecular formula is C22H32N2O3. The van der Waals surface area contributed by atoms with Gasteiger partial charge in [-0.2, -0.15) is 0 Å². The predicted octanol–water partition coefficient (Wildman–Crippen LogP) is 3.33. The van der Waals surface area contributed by atoms with Crippen molar-refractivity contribution in [3.05, 3.63) is 29.8 Å². The number of rotatable bonds is 4. The highest BCUT2D eigenvalue weighted by molar-refractivity contribution is 5.97. The second-order valence-corrected chi connectivity index (χ2v) is 8.05. The smallest absolute Gasteiger partial charge is 0.257 e. The molecule has 4 rings (SSSR count). The molecule has 0 atom stereocenters. The van der Waals surface area contributed by atoms with Gasteiger partial charge in [-0.1, -0.05) is 12.1 Å². The fourth-order valence-electron chi connectivity index (χ4n) is 4.60. The van der Waals surface area contributed by atoms with Crippen molar-refractivity contribution in [2.45, 2.75) is 57.1 Å². The summed E-state index contributed by atoms with van der Waals surface area (Å²) in [6, 6.07) is 8.47. The van der Waals surface area contributed by atoms with Gasteiger partial charge in [0.1, 0.15) is 11.9 Å². The van der Waals surface area contributed by atoms with E-state index in [1.807, 2.05) is 29.2 Å². The van der Waals surface area contributed by atoms with E-state index in [-0.39, 0.29) is 12.0 Å². The van der Waals surface area contributed by atoms with Crippen LogP contribution in [0.4, 0.5) is 0 Å². The molecule has 0 saturated carbocycles. The van der Waals surface area contributed by atoms with Crippen LogP contribution in [0.2, 0.25) is 0 Å². The lowest BCUT2D eigenvalue weighted by Gasteiger charge is -2.39. The van der Waals surface area contributed by atoms with E-state index >= 15 is 0 Å². The molecule has 0 aromatic heterocycles. The Labute approximate surface area is 162 Å². The van der Waals surface area contributed by atoms with Gasteiger partial charge in [-0.05, 0) is 57.1 Å². The molecule has 0 unspecified atom stereocenters. The molecule has 1 amide bonds. The molecule has 148 valence electrons. The van der Waals surface area contributed by atoms with Gasteiger partial charge in [-0.3, -0.25) is 9.69 Å². The number of nitrogens with zero attached hydrogens (tertiary/aromatic N) is 2. The first-order valence-corrected chi connectivity index (χ1v) is 10.7. The highest BCUT2D eigenvalue weighted by atomic mass is 16.5. The molecule has 0 aliphatic carbocycles. The number of benzene rings is 1. The summed E-state index contributed by atoms with van der Waals surface area (Å²) in [7, 11) is 0. The predicted molar refractivity (Wildman–Crippen MR) is 105 cm³/mol. The molecular weight excluding hydrogens is 340 g/mol. The van der Waals surface area contributed by atoms with Crippen LogP contribution in [-0.4, -0.2) is 67.2 Å². The molecule has 0 spiro atoms. The number of amides is 1. The van der Waals surface area contributed by atoms with Crippen LogP contribution < -0.4 is 4.74 Å². The first-order chi connectivity index (χ1) is 13.3. The number of hydrogen-bond acceptors (Lipinski definition) is 4. The molecule has 5 nitrogen and oxygen atoms in total. The Hall–Kier alpha value is -1.59. The van der Waals surface area contributed by atoms with Gasteiger partial charge in [-0.15, -0.1) is 0 Å². The van der Waals surface area contributed by atoms with Crippen LogP contribution in [0.3, 0.4) is 0 Å². The van der Waals surface area contributed by atoms with Gasteiger partial charge >= 0.3 is 0 Å². The largest absolute Gasteiger partial charge is 0.489 e. The third kappa shape index (κ3) is 4.64. The Morgan fingerprint density at radius 2 is 1.63 bits per heavy atom. The van der Waals surface area contributed by atoms with Gasteiger partial charge in [0, 0.05) is 45.4 Å². The number of ether oxygens (including phenoxy) is 2. The Bertz CT molecular complexity index is 616. The van der Waals surface area contributed by atoms with Crippen molar-refractivity contribution in [3.8, 4) is 5.75 Å². The van der Waals surface area contributed by atoms with Crippen LogP contribution in [0.1, 0.15) is 55.3 Å². The van der Waals surface area contributed by atoms with Gasteiger partial charge in [-0.25, -0.2) is 0 Å². The van der Waals surface area contributed by atoms with E-state index in [9.17, 15) is 4.79 Å². The van der Waals surface area contributed by atoms with Crippen LogP contribution in [-0.2, 0) is 4.74 Å². The standard InChI is InChI=1S/C22H32N2O3/c25-22(24-12-4-1-5-13-24)20-6-2-3-7-21(20)27-19-8-14-23(15-9-19)18-10-16-26-17-11-18/h2-3,6-7,18-19H,1,4-5,8-17H2. The third-order valence-corrected chi connectivity index (χ3v) is 6.24. The Kier molecular flexibility index (Phi) is 6.30. The maximum atomic E-state index is 12.9. The number of hydrogen-bond donors (Lipinski definition) is 0. The number of likely N-dealkylation sites (tertiary alicyclic amines) is 2. The van der Waals surface area contributed by atoms with Crippen molar-refractivity contribution in [1.29, 1.82) is 0 Å². The molecule has 0 bridgehead atoms. The number of piperidine rings is 2. The summed E-state index contributed by atoms with van der Waals surface area (Å²) in [5.41, 5.74) is 0.728. The number of carbonyl (C=O) groups is 1. The average molecular weight is 373 g/mol. The molecule has 1 aromatic carbocycles. The van der Waals surface area contributed by atoms with E-state index in [1.54, 1.807) is 0 Å². The fraction of sp³-hybridized carbons (Fsp3) is 0.682. The summed E-state index contributed by atoms with van der Waals surface area (Å²) in [4.78, 5) is 17.5. The average Bonchev–Trinajstić information content (AvgIpc) is 2.75. The normalized spacial score (nSPS) is 23.3. The van der Waals surface area contributed by atoms with Crippen molar-refractivity contribution in [2.75, 3.05) is 39.4 Å². The van der Waals surface area contributed by atoms with E-state index < -0.39 is 0 Å². The zero-order valence-corrected chi connectivity index (χ0v) is 16.3. The quantitative estimate of drug-likeness (QED) is 0.813. The van der Waals surface area contributed by atoms with Crippen LogP contribution >= 0.6 is 0 Å². The van der Waals surface area contributed by atoms with Crippen molar-refractivity contribution >= 4 is 5.91 Å². The first kappa shape index (κ1) is 18.8. The monoisotopic (exact) mass is 372 g/mol. The minimum absolute atomic E-state index is 0.130. The molecule has 3 heterocycles. The van der Waals surface area contributed by atoms with Crippen molar-refractivity contribution in [3.63, 3.8) is 0 Å². The molecule has 27 heavy (non-hydrogen) atoms. The highest BCUT2D eigenvalue weighted by Gasteiger charge is 2.28. The van der Waals surface area contributed by atoms with Gasteiger partial charge in [0.05, 0.1) is 5.56 Å².